The van der Waals surface area contributed by atoms with E-state index in [1.165, 1.54) is 25.0 Å². The Morgan fingerprint density at radius 1 is 1.33 bits per heavy atom. The first kappa shape index (κ1) is 14.5. The highest BCUT2D eigenvalue weighted by Crippen LogP contribution is 2.21. The lowest BCUT2D eigenvalue weighted by atomic mass is 9.91. The maximum absolute atomic E-state index is 4.08. The highest BCUT2D eigenvalue weighted by Gasteiger charge is 2.12. The second-order valence-corrected chi connectivity index (χ2v) is 5.97. The van der Waals surface area contributed by atoms with Crippen LogP contribution in [-0.4, -0.2) is 6.54 Å². The van der Waals surface area contributed by atoms with Gasteiger partial charge in [0, 0.05) is 12.2 Å². The van der Waals surface area contributed by atoms with E-state index >= 15 is 0 Å². The van der Waals surface area contributed by atoms with Crippen molar-refractivity contribution in [3.63, 3.8) is 0 Å². The fourth-order valence-electron chi connectivity index (χ4n) is 1.68. The third kappa shape index (κ3) is 9.84. The first-order valence-electron chi connectivity index (χ1n) is 6.27. The number of allylic oxidation sites excluding steroid dienone is 1. The lowest BCUT2D eigenvalue weighted by Gasteiger charge is -2.22. The van der Waals surface area contributed by atoms with Gasteiger partial charge < -0.3 is 5.32 Å². The van der Waals surface area contributed by atoms with E-state index in [2.05, 4.69) is 46.5 Å². The molecule has 0 fully saturated rings. The molecule has 15 heavy (non-hydrogen) atoms. The molecule has 0 aliphatic heterocycles. The van der Waals surface area contributed by atoms with Crippen LogP contribution in [0, 0.1) is 11.3 Å². The van der Waals surface area contributed by atoms with Crippen LogP contribution in [-0.2, 0) is 0 Å². The zero-order valence-electron chi connectivity index (χ0n) is 11.3. The lowest BCUT2D eigenvalue weighted by molar-refractivity contribution is 0.390. The first-order valence-corrected chi connectivity index (χ1v) is 6.27. The number of rotatable bonds is 7. The third-order valence-corrected chi connectivity index (χ3v) is 2.49. The van der Waals surface area contributed by atoms with Gasteiger partial charge in [0.25, 0.3) is 0 Å². The van der Waals surface area contributed by atoms with Crippen molar-refractivity contribution in [1.82, 2.24) is 5.32 Å². The molecule has 0 amide bonds. The highest BCUT2D eigenvalue weighted by atomic mass is 14.9. The predicted octanol–water partition coefficient (Wildman–Crippen LogP) is 4.35. The van der Waals surface area contributed by atoms with Crippen molar-refractivity contribution in [3.05, 3.63) is 12.3 Å². The van der Waals surface area contributed by atoms with Gasteiger partial charge >= 0.3 is 0 Å². The average Bonchev–Trinajstić information content (AvgIpc) is 2.08. The normalized spacial score (nSPS) is 13.7. The fraction of sp³-hybridized carbons (Fsp3) is 0.857. The minimum atomic E-state index is 0.344. The van der Waals surface area contributed by atoms with Crippen LogP contribution in [0.3, 0.4) is 0 Å². The standard InChI is InChI=1S/C14H29N/c1-7-8-9-12(2)11-15-13(3)10-14(4,5)6/h12,15H,3,7-11H2,1-2,4-6H3. The summed E-state index contributed by atoms with van der Waals surface area (Å²) in [4.78, 5) is 0. The molecule has 1 heteroatoms. The summed E-state index contributed by atoms with van der Waals surface area (Å²) in [6, 6.07) is 0. The van der Waals surface area contributed by atoms with Crippen LogP contribution in [0.2, 0.25) is 0 Å². The fourth-order valence-corrected chi connectivity index (χ4v) is 1.68. The maximum atomic E-state index is 4.08. The quantitative estimate of drug-likeness (QED) is 0.660. The van der Waals surface area contributed by atoms with Crippen LogP contribution < -0.4 is 5.32 Å². The van der Waals surface area contributed by atoms with Gasteiger partial charge in [-0.05, 0) is 24.2 Å². The van der Waals surface area contributed by atoms with E-state index < -0.39 is 0 Å². The Kier molecular flexibility index (Phi) is 6.71. The summed E-state index contributed by atoms with van der Waals surface area (Å²) >= 11 is 0. The Hall–Kier alpha value is -0.460. The Labute approximate surface area is 96.3 Å². The van der Waals surface area contributed by atoms with Crippen molar-refractivity contribution in [2.45, 2.75) is 60.3 Å². The van der Waals surface area contributed by atoms with Gasteiger partial charge in [-0.25, -0.2) is 0 Å². The van der Waals surface area contributed by atoms with Crippen molar-refractivity contribution in [2.75, 3.05) is 6.54 Å². The van der Waals surface area contributed by atoms with Gasteiger partial charge in [0.1, 0.15) is 0 Å². The van der Waals surface area contributed by atoms with E-state index in [1.807, 2.05) is 0 Å². The average molecular weight is 211 g/mol. The van der Waals surface area contributed by atoms with Gasteiger partial charge in [0.2, 0.25) is 0 Å². The molecule has 1 atom stereocenters. The maximum Gasteiger partial charge on any atom is 0.0169 e. The van der Waals surface area contributed by atoms with E-state index in [4.69, 9.17) is 0 Å². The molecule has 0 saturated carbocycles. The summed E-state index contributed by atoms with van der Waals surface area (Å²) in [6.07, 6.45) is 5.03. The van der Waals surface area contributed by atoms with Crippen LogP contribution in [0.5, 0.6) is 0 Å². The summed E-state index contributed by atoms with van der Waals surface area (Å²) in [7, 11) is 0. The van der Waals surface area contributed by atoms with Gasteiger partial charge in [-0.3, -0.25) is 0 Å². The van der Waals surface area contributed by atoms with E-state index in [9.17, 15) is 0 Å². The minimum absolute atomic E-state index is 0.344. The molecule has 0 heterocycles. The lowest BCUT2D eigenvalue weighted by Crippen LogP contribution is -2.23. The molecule has 1 unspecified atom stereocenters. The van der Waals surface area contributed by atoms with Crippen molar-refractivity contribution < 1.29 is 0 Å². The van der Waals surface area contributed by atoms with Gasteiger partial charge in [0.05, 0.1) is 0 Å². The van der Waals surface area contributed by atoms with Crippen LogP contribution in [0.4, 0.5) is 0 Å². The Balaban J connectivity index is 3.62. The predicted molar refractivity (Wildman–Crippen MR) is 69.9 cm³/mol. The Morgan fingerprint density at radius 2 is 1.93 bits per heavy atom. The molecule has 90 valence electrons. The van der Waals surface area contributed by atoms with Gasteiger partial charge in [-0.15, -0.1) is 0 Å². The van der Waals surface area contributed by atoms with Crippen molar-refractivity contribution >= 4 is 0 Å². The molecule has 0 radical (unpaired) electrons. The SMILES string of the molecule is C=C(CC(C)(C)C)NCC(C)CCCC. The second kappa shape index (κ2) is 6.92. The monoisotopic (exact) mass is 211 g/mol. The third-order valence-electron chi connectivity index (χ3n) is 2.49. The van der Waals surface area contributed by atoms with Gasteiger partial charge in [-0.2, -0.15) is 0 Å². The molecule has 0 spiro atoms. The molecule has 0 aliphatic rings. The Bertz CT molecular complexity index is 176. The van der Waals surface area contributed by atoms with Crippen molar-refractivity contribution in [2.24, 2.45) is 11.3 Å². The van der Waals surface area contributed by atoms with Crippen LogP contribution in [0.15, 0.2) is 12.3 Å². The van der Waals surface area contributed by atoms with Crippen molar-refractivity contribution in [1.29, 1.82) is 0 Å². The number of hydrogen-bond donors (Lipinski definition) is 1. The number of unbranched alkanes of at least 4 members (excludes halogenated alkanes) is 1. The summed E-state index contributed by atoms with van der Waals surface area (Å²) in [5, 5.41) is 3.45. The van der Waals surface area contributed by atoms with E-state index in [0.29, 0.717) is 5.41 Å². The molecular weight excluding hydrogens is 182 g/mol. The van der Waals surface area contributed by atoms with Crippen LogP contribution >= 0.6 is 0 Å². The van der Waals surface area contributed by atoms with E-state index in [1.54, 1.807) is 0 Å². The van der Waals surface area contributed by atoms with E-state index in [-0.39, 0.29) is 0 Å². The first-order chi connectivity index (χ1) is 6.85. The number of nitrogens with one attached hydrogen (secondary N) is 1. The molecule has 1 nitrogen and oxygen atoms in total. The molecule has 0 aromatic heterocycles. The number of hydrogen-bond acceptors (Lipinski definition) is 1. The molecule has 1 N–H and O–H groups in total. The molecule has 0 aromatic rings. The Morgan fingerprint density at radius 3 is 2.40 bits per heavy atom. The molecule has 0 saturated heterocycles. The molecule has 0 aliphatic carbocycles. The summed E-state index contributed by atoms with van der Waals surface area (Å²) in [5.41, 5.74) is 1.53. The highest BCUT2D eigenvalue weighted by molar-refractivity contribution is 4.95. The minimum Gasteiger partial charge on any atom is -0.389 e. The topological polar surface area (TPSA) is 12.0 Å². The van der Waals surface area contributed by atoms with Crippen LogP contribution in [0.25, 0.3) is 0 Å². The smallest absolute Gasteiger partial charge is 0.0169 e. The van der Waals surface area contributed by atoms with Gasteiger partial charge in [-0.1, -0.05) is 54.0 Å². The summed E-state index contributed by atoms with van der Waals surface area (Å²) in [6.45, 7) is 16.5. The molecular formula is C14H29N. The summed E-state index contributed by atoms with van der Waals surface area (Å²) in [5.74, 6) is 0.765. The summed E-state index contributed by atoms with van der Waals surface area (Å²) < 4.78 is 0. The van der Waals surface area contributed by atoms with Crippen LogP contribution in [0.1, 0.15) is 60.3 Å². The second-order valence-electron chi connectivity index (χ2n) is 5.97. The largest absolute Gasteiger partial charge is 0.389 e. The van der Waals surface area contributed by atoms with Gasteiger partial charge in [0.15, 0.2) is 0 Å². The van der Waals surface area contributed by atoms with Crippen molar-refractivity contribution in [3.8, 4) is 0 Å². The zero-order chi connectivity index (χ0) is 11.9. The molecule has 0 rings (SSSR count). The molecule has 0 bridgehead atoms. The van der Waals surface area contributed by atoms with E-state index in [0.717, 1.165) is 18.9 Å². The molecule has 0 aromatic carbocycles. The zero-order valence-corrected chi connectivity index (χ0v) is 11.3.